The number of hydrogen-bond donors (Lipinski definition) is 1. The van der Waals surface area contributed by atoms with Crippen molar-refractivity contribution >= 4 is 5.95 Å². The van der Waals surface area contributed by atoms with Crippen LogP contribution in [0.4, 0.5) is 36.7 Å². The van der Waals surface area contributed by atoms with E-state index in [0.29, 0.717) is 12.2 Å². The first kappa shape index (κ1) is 25.9. The molecule has 1 atom stereocenters. The van der Waals surface area contributed by atoms with Crippen molar-refractivity contribution in [1.82, 2.24) is 19.5 Å². The smallest absolute Gasteiger partial charge is 0.351 e. The molecule has 194 valence electrons. The standard InChI is InChI=1S/C24H24F7N5/c1-14(15-5-3-2-4-6-15)34-22-32-12-11-18(35-22)20-19(16-7-9-17(25)10-8-16)33-13-36(20)21(23(26,27)28)24(29,30)31/h7-15,21H,2-6H2,1H3,(H,32,34,35)/t14-/m0/s1. The van der Waals surface area contributed by atoms with Gasteiger partial charge in [-0.05, 0) is 56.0 Å². The summed E-state index contributed by atoms with van der Waals surface area (Å²) in [4.78, 5) is 12.3. The molecule has 0 amide bonds. The number of alkyl halides is 6. The second-order valence-electron chi connectivity index (χ2n) is 8.94. The zero-order chi connectivity index (χ0) is 26.1. The summed E-state index contributed by atoms with van der Waals surface area (Å²) in [7, 11) is 0. The largest absolute Gasteiger partial charge is 0.418 e. The Kier molecular flexibility index (Phi) is 7.24. The fourth-order valence-electron chi connectivity index (χ4n) is 4.65. The molecule has 0 bridgehead atoms. The summed E-state index contributed by atoms with van der Waals surface area (Å²) in [5.74, 6) is -0.182. The predicted molar refractivity (Wildman–Crippen MR) is 119 cm³/mol. The van der Waals surface area contributed by atoms with Crippen molar-refractivity contribution in [3.8, 4) is 22.6 Å². The van der Waals surface area contributed by atoms with Crippen LogP contribution in [0.3, 0.4) is 0 Å². The van der Waals surface area contributed by atoms with Crippen LogP contribution in [0.2, 0.25) is 0 Å². The maximum atomic E-state index is 13.7. The van der Waals surface area contributed by atoms with Crippen LogP contribution in [0.5, 0.6) is 0 Å². The van der Waals surface area contributed by atoms with Gasteiger partial charge in [-0.2, -0.15) is 26.3 Å². The molecule has 3 aromatic rings. The van der Waals surface area contributed by atoms with Crippen molar-refractivity contribution in [2.24, 2.45) is 5.92 Å². The lowest BCUT2D eigenvalue weighted by Crippen LogP contribution is -2.38. The number of rotatable bonds is 6. The van der Waals surface area contributed by atoms with Crippen LogP contribution in [-0.2, 0) is 0 Å². The molecular weight excluding hydrogens is 491 g/mol. The van der Waals surface area contributed by atoms with E-state index < -0.39 is 29.9 Å². The highest BCUT2D eigenvalue weighted by molar-refractivity contribution is 5.77. The Labute approximate surface area is 202 Å². The quantitative estimate of drug-likeness (QED) is 0.353. The number of nitrogens with zero attached hydrogens (tertiary/aromatic N) is 4. The number of halogens is 7. The van der Waals surface area contributed by atoms with Gasteiger partial charge in [0.1, 0.15) is 5.82 Å². The average Bonchev–Trinajstić information content (AvgIpc) is 3.22. The van der Waals surface area contributed by atoms with E-state index in [9.17, 15) is 30.7 Å². The SMILES string of the molecule is C[C@H](Nc1nccc(-c2c(-c3ccc(F)cc3)ncn2C(C(F)(F)F)C(F)(F)F)n1)C1CCCCC1. The minimum atomic E-state index is -5.66. The van der Waals surface area contributed by atoms with Crippen molar-refractivity contribution in [2.75, 3.05) is 5.32 Å². The van der Waals surface area contributed by atoms with Crippen LogP contribution < -0.4 is 5.32 Å². The summed E-state index contributed by atoms with van der Waals surface area (Å²) in [6.07, 6.45) is -4.20. The summed E-state index contributed by atoms with van der Waals surface area (Å²) in [6.45, 7) is 1.95. The molecule has 0 spiro atoms. The van der Waals surface area contributed by atoms with Crippen molar-refractivity contribution in [1.29, 1.82) is 0 Å². The molecule has 4 rings (SSSR count). The Hall–Kier alpha value is -3.18. The maximum Gasteiger partial charge on any atom is 0.418 e. The van der Waals surface area contributed by atoms with Gasteiger partial charge >= 0.3 is 12.4 Å². The highest BCUT2D eigenvalue weighted by atomic mass is 19.4. The molecule has 2 aromatic heterocycles. The molecule has 1 aromatic carbocycles. The van der Waals surface area contributed by atoms with E-state index in [2.05, 4.69) is 20.3 Å². The third kappa shape index (κ3) is 5.62. The molecule has 0 aliphatic heterocycles. The molecule has 12 heteroatoms. The average molecular weight is 515 g/mol. The van der Waals surface area contributed by atoms with Crippen molar-refractivity contribution in [3.05, 3.63) is 48.7 Å². The van der Waals surface area contributed by atoms with Gasteiger partial charge in [0.2, 0.25) is 12.0 Å². The van der Waals surface area contributed by atoms with Crippen LogP contribution >= 0.6 is 0 Å². The lowest BCUT2D eigenvalue weighted by atomic mass is 9.85. The van der Waals surface area contributed by atoms with Crippen LogP contribution in [0, 0.1) is 11.7 Å². The molecule has 1 saturated carbocycles. The van der Waals surface area contributed by atoms with Crippen LogP contribution in [-0.4, -0.2) is 37.9 Å². The zero-order valence-electron chi connectivity index (χ0n) is 19.2. The summed E-state index contributed by atoms with van der Waals surface area (Å²) >= 11 is 0. The topological polar surface area (TPSA) is 55.6 Å². The third-order valence-corrected chi connectivity index (χ3v) is 6.42. The Bertz CT molecular complexity index is 1150. The third-order valence-electron chi connectivity index (χ3n) is 6.42. The van der Waals surface area contributed by atoms with E-state index in [4.69, 9.17) is 0 Å². The summed E-state index contributed by atoms with van der Waals surface area (Å²) in [6, 6.07) is 1.87. The molecule has 0 radical (unpaired) electrons. The number of aromatic nitrogens is 4. The van der Waals surface area contributed by atoms with Crippen molar-refractivity contribution < 1.29 is 30.7 Å². The molecule has 1 N–H and O–H groups in total. The summed E-state index contributed by atoms with van der Waals surface area (Å²) in [5, 5.41) is 3.14. The van der Waals surface area contributed by atoms with Gasteiger partial charge in [0.15, 0.2) is 0 Å². The lowest BCUT2D eigenvalue weighted by molar-refractivity contribution is -0.273. The first-order valence-electron chi connectivity index (χ1n) is 11.5. The molecule has 5 nitrogen and oxygen atoms in total. The minimum absolute atomic E-state index is 0.0232. The fraction of sp³-hybridized carbons (Fsp3) is 0.458. The highest BCUT2D eigenvalue weighted by Gasteiger charge is 2.58. The molecule has 1 fully saturated rings. The van der Waals surface area contributed by atoms with Gasteiger partial charge in [0.25, 0.3) is 0 Å². The van der Waals surface area contributed by atoms with Gasteiger partial charge < -0.3 is 9.88 Å². The van der Waals surface area contributed by atoms with Crippen LogP contribution in [0.25, 0.3) is 22.6 Å². The Balaban J connectivity index is 1.80. The molecule has 36 heavy (non-hydrogen) atoms. The number of imidazole rings is 1. The lowest BCUT2D eigenvalue weighted by Gasteiger charge is -2.28. The number of benzene rings is 1. The normalized spacial score (nSPS) is 16.4. The van der Waals surface area contributed by atoms with Gasteiger partial charge in [0, 0.05) is 17.8 Å². The fourth-order valence-corrected chi connectivity index (χ4v) is 4.65. The molecule has 2 heterocycles. The molecule has 1 aliphatic carbocycles. The van der Waals surface area contributed by atoms with Gasteiger partial charge in [-0.3, -0.25) is 0 Å². The Morgan fingerprint density at radius 3 is 2.17 bits per heavy atom. The Morgan fingerprint density at radius 1 is 0.917 bits per heavy atom. The first-order valence-corrected chi connectivity index (χ1v) is 11.5. The van der Waals surface area contributed by atoms with Crippen molar-refractivity contribution in [2.45, 2.75) is 63.5 Å². The zero-order valence-corrected chi connectivity index (χ0v) is 19.2. The maximum absolute atomic E-state index is 13.7. The molecular formula is C24H24F7N5. The second kappa shape index (κ2) is 10.1. The minimum Gasteiger partial charge on any atom is -0.351 e. The Morgan fingerprint density at radius 2 is 1.56 bits per heavy atom. The highest BCUT2D eigenvalue weighted by Crippen LogP contribution is 2.46. The van der Waals surface area contributed by atoms with Gasteiger partial charge in [-0.15, -0.1) is 0 Å². The van der Waals surface area contributed by atoms with E-state index in [0.717, 1.165) is 44.2 Å². The van der Waals surface area contributed by atoms with Gasteiger partial charge in [0.05, 0.1) is 23.4 Å². The van der Waals surface area contributed by atoms with E-state index >= 15 is 0 Å². The molecule has 0 unspecified atom stereocenters. The summed E-state index contributed by atoms with van der Waals surface area (Å²) in [5.41, 5.74) is -0.744. The number of anilines is 1. The number of nitrogens with one attached hydrogen (secondary N) is 1. The van der Waals surface area contributed by atoms with Gasteiger partial charge in [-0.1, -0.05) is 19.3 Å². The first-order chi connectivity index (χ1) is 16.9. The van der Waals surface area contributed by atoms with Crippen molar-refractivity contribution in [3.63, 3.8) is 0 Å². The monoisotopic (exact) mass is 515 g/mol. The van der Waals surface area contributed by atoms with E-state index in [1.165, 1.54) is 24.4 Å². The summed E-state index contributed by atoms with van der Waals surface area (Å²) < 4.78 is 95.4. The second-order valence-corrected chi connectivity index (χ2v) is 8.94. The van der Waals surface area contributed by atoms with E-state index in [1.807, 2.05) is 6.92 Å². The number of hydrogen-bond acceptors (Lipinski definition) is 4. The molecule has 0 saturated heterocycles. The molecule has 1 aliphatic rings. The van der Waals surface area contributed by atoms with Gasteiger partial charge in [-0.25, -0.2) is 19.3 Å². The van der Waals surface area contributed by atoms with Crippen LogP contribution in [0.15, 0.2) is 42.9 Å². The predicted octanol–water partition coefficient (Wildman–Crippen LogP) is 7.19. The van der Waals surface area contributed by atoms with Crippen LogP contribution in [0.1, 0.15) is 45.1 Å². The van der Waals surface area contributed by atoms with E-state index in [1.54, 1.807) is 0 Å². The van der Waals surface area contributed by atoms with E-state index in [-0.39, 0.29) is 33.5 Å².